The Kier molecular flexibility index (Phi) is 5.10. The monoisotopic (exact) mass is 292 g/mol. The van der Waals surface area contributed by atoms with Crippen molar-refractivity contribution in [3.63, 3.8) is 0 Å². The van der Waals surface area contributed by atoms with Crippen LogP contribution in [0, 0.1) is 0 Å². The third-order valence-corrected chi connectivity index (χ3v) is 3.55. The number of rotatable bonds is 5. The number of hydrogen-bond donors (Lipinski definition) is 2. The molecule has 0 spiro atoms. The first-order chi connectivity index (χ1) is 10.0. The Bertz CT molecular complexity index is 495. The van der Waals surface area contributed by atoms with Crippen molar-refractivity contribution in [2.24, 2.45) is 0 Å². The molecule has 0 atom stereocenters. The van der Waals surface area contributed by atoms with Gasteiger partial charge in [0.05, 0.1) is 24.7 Å². The van der Waals surface area contributed by atoms with Gasteiger partial charge in [0.25, 0.3) is 0 Å². The van der Waals surface area contributed by atoms with Crippen molar-refractivity contribution in [2.45, 2.75) is 12.8 Å². The fourth-order valence-corrected chi connectivity index (χ4v) is 2.28. The summed E-state index contributed by atoms with van der Waals surface area (Å²) in [5.74, 6) is -0.743. The zero-order valence-electron chi connectivity index (χ0n) is 11.9. The summed E-state index contributed by atoms with van der Waals surface area (Å²) >= 11 is 0. The minimum atomic E-state index is -0.789. The number of piperazine rings is 1. The van der Waals surface area contributed by atoms with E-state index >= 15 is 0 Å². The first-order valence-corrected chi connectivity index (χ1v) is 6.97. The molecule has 2 rings (SSSR count). The van der Waals surface area contributed by atoms with E-state index in [-0.39, 0.29) is 18.7 Å². The van der Waals surface area contributed by atoms with Gasteiger partial charge in [0.1, 0.15) is 0 Å². The van der Waals surface area contributed by atoms with E-state index in [0.717, 1.165) is 0 Å². The topological polar surface area (TPSA) is 99.8 Å². The van der Waals surface area contributed by atoms with E-state index in [1.807, 2.05) is 0 Å². The van der Waals surface area contributed by atoms with Crippen molar-refractivity contribution in [1.29, 1.82) is 0 Å². The van der Waals surface area contributed by atoms with Gasteiger partial charge in [-0.1, -0.05) is 0 Å². The Labute approximate surface area is 123 Å². The van der Waals surface area contributed by atoms with Crippen LogP contribution in [-0.4, -0.2) is 64.5 Å². The number of hydrogen-bond acceptors (Lipinski definition) is 5. The number of amides is 1. The average Bonchev–Trinajstić information content (AvgIpc) is 2.48. The summed E-state index contributed by atoms with van der Waals surface area (Å²) < 4.78 is 0. The van der Waals surface area contributed by atoms with Crippen molar-refractivity contribution < 1.29 is 14.7 Å². The van der Waals surface area contributed by atoms with Gasteiger partial charge in [-0.15, -0.1) is 0 Å². The molecule has 1 aliphatic rings. The van der Waals surface area contributed by atoms with E-state index in [4.69, 9.17) is 10.8 Å². The van der Waals surface area contributed by atoms with E-state index in [9.17, 15) is 9.59 Å². The molecule has 21 heavy (non-hydrogen) atoms. The number of nitrogen functional groups attached to an aromatic ring is 1. The second kappa shape index (κ2) is 7.03. The van der Waals surface area contributed by atoms with Crippen LogP contribution >= 0.6 is 0 Å². The third-order valence-electron chi connectivity index (χ3n) is 3.55. The van der Waals surface area contributed by atoms with Crippen LogP contribution in [0.2, 0.25) is 0 Å². The molecule has 7 nitrogen and oxygen atoms in total. The fourth-order valence-electron chi connectivity index (χ4n) is 2.28. The number of carbonyl (C=O) groups is 2. The minimum absolute atomic E-state index is 0.0464. The molecule has 0 radical (unpaired) electrons. The first kappa shape index (κ1) is 15.2. The number of pyridine rings is 1. The highest BCUT2D eigenvalue weighted by Crippen LogP contribution is 2.07. The van der Waals surface area contributed by atoms with Crippen molar-refractivity contribution in [1.82, 2.24) is 14.8 Å². The Morgan fingerprint density at radius 3 is 2.52 bits per heavy atom. The number of aromatic nitrogens is 1. The van der Waals surface area contributed by atoms with Crippen LogP contribution in [0.1, 0.15) is 12.1 Å². The number of anilines is 1. The average molecular weight is 292 g/mol. The van der Waals surface area contributed by atoms with Gasteiger partial charge in [-0.25, -0.2) is 0 Å². The highest BCUT2D eigenvalue weighted by Gasteiger charge is 2.21. The van der Waals surface area contributed by atoms with Gasteiger partial charge in [0.15, 0.2) is 0 Å². The van der Waals surface area contributed by atoms with E-state index in [0.29, 0.717) is 44.1 Å². The maximum Gasteiger partial charge on any atom is 0.304 e. The molecule has 1 fully saturated rings. The van der Waals surface area contributed by atoms with Crippen LogP contribution in [0.15, 0.2) is 18.3 Å². The molecule has 0 bridgehead atoms. The largest absolute Gasteiger partial charge is 0.481 e. The van der Waals surface area contributed by atoms with Crippen LogP contribution in [0.3, 0.4) is 0 Å². The Balaban J connectivity index is 1.77. The molecule has 1 amide bonds. The number of nitrogens with zero attached hydrogens (tertiary/aromatic N) is 3. The third kappa shape index (κ3) is 4.71. The van der Waals surface area contributed by atoms with Crippen molar-refractivity contribution in [3.8, 4) is 0 Å². The SMILES string of the molecule is Nc1ccc(CC(=O)N2CCN(CCC(=O)O)CC2)nc1. The molecule has 7 heteroatoms. The lowest BCUT2D eigenvalue weighted by Gasteiger charge is -2.34. The summed E-state index contributed by atoms with van der Waals surface area (Å²) in [5.41, 5.74) is 6.85. The van der Waals surface area contributed by atoms with Crippen LogP contribution in [0.5, 0.6) is 0 Å². The number of aliphatic carboxylic acids is 1. The molecular formula is C14H20N4O3. The molecular weight excluding hydrogens is 272 g/mol. The normalized spacial score (nSPS) is 15.9. The molecule has 1 saturated heterocycles. The molecule has 0 unspecified atom stereocenters. The maximum absolute atomic E-state index is 12.2. The summed E-state index contributed by atoms with van der Waals surface area (Å²) in [6.45, 7) is 3.24. The zero-order chi connectivity index (χ0) is 15.2. The van der Waals surface area contributed by atoms with Crippen LogP contribution in [0.4, 0.5) is 5.69 Å². The zero-order valence-corrected chi connectivity index (χ0v) is 11.9. The van der Waals surface area contributed by atoms with E-state index < -0.39 is 5.97 Å². The van der Waals surface area contributed by atoms with Crippen molar-refractivity contribution in [2.75, 3.05) is 38.5 Å². The number of nitrogens with two attached hydrogens (primary N) is 1. The Hall–Kier alpha value is -2.15. The van der Waals surface area contributed by atoms with E-state index in [2.05, 4.69) is 9.88 Å². The molecule has 1 aromatic heterocycles. The Morgan fingerprint density at radius 2 is 1.95 bits per heavy atom. The molecule has 2 heterocycles. The number of carboxylic acids is 1. The second-order valence-corrected chi connectivity index (χ2v) is 5.13. The smallest absolute Gasteiger partial charge is 0.304 e. The summed E-state index contributed by atoms with van der Waals surface area (Å²) in [7, 11) is 0. The quantitative estimate of drug-likeness (QED) is 0.781. The van der Waals surface area contributed by atoms with Gasteiger partial charge in [-0.05, 0) is 12.1 Å². The summed E-state index contributed by atoms with van der Waals surface area (Å²) in [4.78, 5) is 30.7. The number of carboxylic acid groups (broad SMARTS) is 1. The van der Waals surface area contributed by atoms with E-state index in [1.165, 1.54) is 0 Å². The standard InChI is InChI=1S/C14H20N4O3/c15-11-1-2-12(16-10-11)9-13(19)18-7-5-17(6-8-18)4-3-14(20)21/h1-2,10H,3-9,15H2,(H,20,21). The lowest BCUT2D eigenvalue weighted by molar-refractivity contribution is -0.138. The molecule has 0 aliphatic carbocycles. The molecule has 1 aliphatic heterocycles. The molecule has 1 aromatic rings. The lowest BCUT2D eigenvalue weighted by atomic mass is 10.2. The number of carbonyl (C=O) groups excluding carboxylic acids is 1. The fraction of sp³-hybridized carbons (Fsp3) is 0.500. The van der Waals surface area contributed by atoms with Gasteiger partial charge in [-0.3, -0.25) is 19.5 Å². The molecule has 0 aromatic carbocycles. The van der Waals surface area contributed by atoms with Gasteiger partial charge in [0, 0.05) is 38.4 Å². The first-order valence-electron chi connectivity index (χ1n) is 6.97. The maximum atomic E-state index is 12.2. The minimum Gasteiger partial charge on any atom is -0.481 e. The van der Waals surface area contributed by atoms with E-state index in [1.54, 1.807) is 23.2 Å². The molecule has 114 valence electrons. The molecule has 0 saturated carbocycles. The van der Waals surface area contributed by atoms with Gasteiger partial charge < -0.3 is 15.7 Å². The predicted octanol–water partition coefficient (Wildman–Crippen LogP) is -0.175. The highest BCUT2D eigenvalue weighted by atomic mass is 16.4. The van der Waals surface area contributed by atoms with Crippen molar-refractivity contribution >= 4 is 17.6 Å². The molecule has 3 N–H and O–H groups in total. The van der Waals surface area contributed by atoms with Crippen LogP contribution in [0.25, 0.3) is 0 Å². The van der Waals surface area contributed by atoms with Gasteiger partial charge in [-0.2, -0.15) is 0 Å². The summed E-state index contributed by atoms with van der Waals surface area (Å²) in [6.07, 6.45) is 1.96. The predicted molar refractivity (Wildman–Crippen MR) is 77.6 cm³/mol. The van der Waals surface area contributed by atoms with Crippen LogP contribution in [-0.2, 0) is 16.0 Å². The second-order valence-electron chi connectivity index (χ2n) is 5.13. The highest BCUT2D eigenvalue weighted by molar-refractivity contribution is 5.78. The lowest BCUT2D eigenvalue weighted by Crippen LogP contribution is -2.49. The van der Waals surface area contributed by atoms with Crippen LogP contribution < -0.4 is 5.73 Å². The Morgan fingerprint density at radius 1 is 1.24 bits per heavy atom. The van der Waals surface area contributed by atoms with Gasteiger partial charge in [0.2, 0.25) is 5.91 Å². The summed E-state index contributed by atoms with van der Waals surface area (Å²) in [5, 5.41) is 8.66. The van der Waals surface area contributed by atoms with Crippen molar-refractivity contribution in [3.05, 3.63) is 24.0 Å². The summed E-state index contributed by atoms with van der Waals surface area (Å²) in [6, 6.07) is 3.50. The van der Waals surface area contributed by atoms with Gasteiger partial charge >= 0.3 is 5.97 Å².